The molecule has 2 rings (SSSR count). The Balaban J connectivity index is 2.52. The number of carboxylic acid groups (broad SMARTS) is 1. The summed E-state index contributed by atoms with van der Waals surface area (Å²) in [4.78, 5) is 11.6. The van der Waals surface area contributed by atoms with Gasteiger partial charge in [0.15, 0.2) is 24.8 Å². The Kier molecular flexibility index (Phi) is 10.9. The van der Waals surface area contributed by atoms with Crippen molar-refractivity contribution in [3.05, 3.63) is 0 Å². The predicted octanol–water partition coefficient (Wildman–Crippen LogP) is -4.94. The summed E-state index contributed by atoms with van der Waals surface area (Å²) >= 11 is 0. The van der Waals surface area contributed by atoms with Crippen molar-refractivity contribution < 1.29 is 91.1 Å². The topological polar surface area (TPSA) is 318 Å². The van der Waals surface area contributed by atoms with Crippen LogP contribution in [0.4, 0.5) is 0 Å². The molecule has 24 heteroatoms. The summed E-state index contributed by atoms with van der Waals surface area (Å²) in [5.74, 6) is -1.77. The van der Waals surface area contributed by atoms with E-state index in [2.05, 4.69) is 8.37 Å². The fourth-order valence-electron chi connectivity index (χ4n) is 3.67. The maximum absolute atomic E-state index is 11.6. The normalized spacial score (nSPS) is 37.1. The Hall–Kier alpha value is -1.20. The number of methoxy groups -OCH3 is 2. The molecule has 21 nitrogen and oxygen atoms in total. The van der Waals surface area contributed by atoms with Gasteiger partial charge >= 0.3 is 37.1 Å². The van der Waals surface area contributed by atoms with E-state index in [0.717, 1.165) is 14.2 Å². The Bertz CT molecular complexity index is 1140. The number of aliphatic hydroxyl groups excluding tert-OH is 2. The summed E-state index contributed by atoms with van der Waals surface area (Å²) in [5.41, 5.74) is 0. The summed E-state index contributed by atoms with van der Waals surface area (Å²) in [6.07, 6.45) is -18.7. The number of hydrogen-bond acceptors (Lipinski definition) is 16. The summed E-state index contributed by atoms with van der Waals surface area (Å²) < 4.78 is 130. The van der Waals surface area contributed by atoms with E-state index in [4.69, 9.17) is 37.3 Å². The van der Waals surface area contributed by atoms with E-state index in [1.807, 2.05) is 0 Å². The van der Waals surface area contributed by atoms with E-state index in [9.17, 15) is 45.4 Å². The van der Waals surface area contributed by atoms with Crippen LogP contribution in [0.25, 0.3) is 0 Å². The van der Waals surface area contributed by atoms with E-state index < -0.39 is 105 Å². The minimum absolute atomic E-state index is 0.913. The third kappa shape index (κ3) is 8.91. The molecule has 224 valence electrons. The minimum atomic E-state index is -5.40. The molecule has 0 aromatic carbocycles. The van der Waals surface area contributed by atoms with Crippen LogP contribution in [0.3, 0.4) is 0 Å². The third-order valence-electron chi connectivity index (χ3n) is 5.13. The first kappa shape index (κ1) is 33.0. The van der Waals surface area contributed by atoms with Crippen molar-refractivity contribution in [1.82, 2.24) is 4.72 Å². The molecule has 2 heterocycles. The second-order valence-corrected chi connectivity index (χ2v) is 11.0. The monoisotopic (exact) mass is 623 g/mol. The van der Waals surface area contributed by atoms with Gasteiger partial charge in [-0.25, -0.2) is 13.2 Å². The quantitative estimate of drug-likeness (QED) is 0.100. The maximum atomic E-state index is 11.6. The molecule has 2 fully saturated rings. The molecule has 0 spiro atoms. The highest BCUT2D eigenvalue weighted by molar-refractivity contribution is 7.83. The summed E-state index contributed by atoms with van der Waals surface area (Å²) in [7, 11) is -13.8. The smallest absolute Gasteiger partial charge is 0.397 e. The van der Waals surface area contributed by atoms with E-state index in [-0.39, 0.29) is 0 Å². The van der Waals surface area contributed by atoms with Crippen LogP contribution in [0.1, 0.15) is 0 Å². The van der Waals surface area contributed by atoms with E-state index in [1.54, 1.807) is 0 Å². The molecule has 2 saturated heterocycles. The lowest BCUT2D eigenvalue weighted by atomic mass is 9.96. The lowest BCUT2D eigenvalue weighted by Crippen LogP contribution is -2.68. The Labute approximate surface area is 215 Å². The SMILES string of the molecule is COC1OC(COS(=O)(=O)O)C(OC2OC(C(=O)O)C(OC)C(O)C2OS(=O)(=O)O)C(O)C1NS(=O)(=O)O. The molecular formula is C14H25NO20S3. The van der Waals surface area contributed by atoms with Crippen LogP contribution in [0.5, 0.6) is 0 Å². The van der Waals surface area contributed by atoms with Crippen molar-refractivity contribution in [2.45, 2.75) is 61.3 Å². The first-order valence-electron chi connectivity index (χ1n) is 9.91. The zero-order valence-corrected chi connectivity index (χ0v) is 21.6. The summed E-state index contributed by atoms with van der Waals surface area (Å²) in [6, 6.07) is -1.93. The zero-order valence-electron chi connectivity index (χ0n) is 19.1. The molecule has 0 saturated carbocycles. The number of hydrogen-bond donors (Lipinski definition) is 7. The molecular weight excluding hydrogens is 598 g/mol. The van der Waals surface area contributed by atoms with Gasteiger partial charge in [0.1, 0.15) is 36.6 Å². The standard InChI is InChI=1S/C14H25NO20S3/c1-29-9-7(17)10(35-38(26,27)28)14(34-11(9)12(18)19)33-8-4(3-31-37(23,24)25)32-13(30-2)5(6(8)16)15-36(20,21)22/h4-11,13-17H,3H2,1-2H3,(H,18,19)(H,20,21,22)(H,23,24,25)(H,26,27,28). The van der Waals surface area contributed by atoms with Gasteiger partial charge < -0.3 is 39.0 Å². The largest absolute Gasteiger partial charge is 0.479 e. The van der Waals surface area contributed by atoms with Crippen LogP contribution in [0.2, 0.25) is 0 Å². The predicted molar refractivity (Wildman–Crippen MR) is 112 cm³/mol. The third-order valence-corrected chi connectivity index (χ3v) is 6.60. The molecule has 38 heavy (non-hydrogen) atoms. The molecule has 0 aromatic heterocycles. The number of rotatable bonds is 12. The van der Waals surface area contributed by atoms with Crippen LogP contribution in [-0.2, 0) is 67.9 Å². The van der Waals surface area contributed by atoms with Crippen LogP contribution >= 0.6 is 0 Å². The molecule has 10 unspecified atom stereocenters. The lowest BCUT2D eigenvalue weighted by molar-refractivity contribution is -0.339. The molecule has 10 atom stereocenters. The van der Waals surface area contributed by atoms with E-state index in [0.29, 0.717) is 0 Å². The highest BCUT2D eigenvalue weighted by atomic mass is 32.3. The molecule has 0 amide bonds. The second-order valence-electron chi connectivity index (χ2n) is 7.64. The van der Waals surface area contributed by atoms with Crippen molar-refractivity contribution >= 4 is 37.1 Å². The zero-order chi connectivity index (χ0) is 29.2. The minimum Gasteiger partial charge on any atom is -0.479 e. The highest BCUT2D eigenvalue weighted by Gasteiger charge is 2.55. The van der Waals surface area contributed by atoms with Gasteiger partial charge in [-0.2, -0.15) is 30.0 Å². The van der Waals surface area contributed by atoms with Crippen LogP contribution in [0, 0.1) is 0 Å². The Morgan fingerprint density at radius 2 is 1.45 bits per heavy atom. The van der Waals surface area contributed by atoms with Crippen LogP contribution in [0.15, 0.2) is 0 Å². The van der Waals surface area contributed by atoms with Gasteiger partial charge in [-0.05, 0) is 0 Å². The summed E-state index contributed by atoms with van der Waals surface area (Å²) in [5, 5.41) is 30.8. The number of ether oxygens (including phenoxy) is 5. The number of nitrogens with one attached hydrogen (secondary N) is 1. The highest BCUT2D eigenvalue weighted by Crippen LogP contribution is 2.32. The van der Waals surface area contributed by atoms with Crippen molar-refractivity contribution in [2.75, 3.05) is 20.8 Å². The van der Waals surface area contributed by atoms with Crippen LogP contribution in [-0.4, -0.2) is 142 Å². The fraction of sp³-hybridized carbons (Fsp3) is 0.929. The number of carbonyl (C=O) groups is 1. The fourth-order valence-corrected chi connectivity index (χ4v) is 5.06. The van der Waals surface area contributed by atoms with E-state index in [1.165, 1.54) is 4.72 Å². The van der Waals surface area contributed by atoms with E-state index >= 15 is 0 Å². The van der Waals surface area contributed by atoms with Gasteiger partial charge in [0.2, 0.25) is 0 Å². The van der Waals surface area contributed by atoms with Gasteiger partial charge in [0, 0.05) is 14.2 Å². The molecule has 0 aliphatic carbocycles. The maximum Gasteiger partial charge on any atom is 0.397 e. The van der Waals surface area contributed by atoms with Crippen LogP contribution < -0.4 is 4.72 Å². The molecule has 0 bridgehead atoms. The average Bonchev–Trinajstić information content (AvgIpc) is 2.75. The average molecular weight is 624 g/mol. The number of aliphatic hydroxyl groups is 2. The van der Waals surface area contributed by atoms with Gasteiger partial charge in [-0.1, -0.05) is 0 Å². The van der Waals surface area contributed by atoms with Gasteiger partial charge in [-0.15, -0.1) is 0 Å². The van der Waals surface area contributed by atoms with Crippen molar-refractivity contribution in [3.63, 3.8) is 0 Å². The van der Waals surface area contributed by atoms with Gasteiger partial charge in [-0.3, -0.25) is 13.7 Å². The summed E-state index contributed by atoms with van der Waals surface area (Å²) in [6.45, 7) is -1.18. The Morgan fingerprint density at radius 1 is 0.842 bits per heavy atom. The molecule has 7 N–H and O–H groups in total. The molecule has 0 radical (unpaired) electrons. The van der Waals surface area contributed by atoms with Gasteiger partial charge in [0.05, 0.1) is 6.61 Å². The Morgan fingerprint density at radius 3 is 1.89 bits per heavy atom. The lowest BCUT2D eigenvalue weighted by Gasteiger charge is -2.47. The molecule has 2 aliphatic heterocycles. The number of carboxylic acids is 1. The second kappa shape index (κ2) is 12.5. The van der Waals surface area contributed by atoms with Gasteiger partial charge in [0.25, 0.3) is 0 Å². The van der Waals surface area contributed by atoms with Crippen molar-refractivity contribution in [2.24, 2.45) is 0 Å². The number of aliphatic carboxylic acids is 1. The molecule has 2 aliphatic rings. The van der Waals surface area contributed by atoms with Crippen molar-refractivity contribution in [1.29, 1.82) is 0 Å². The van der Waals surface area contributed by atoms with Crippen molar-refractivity contribution in [3.8, 4) is 0 Å². The first-order valence-corrected chi connectivity index (χ1v) is 14.1. The first-order chi connectivity index (χ1) is 17.3. The molecule has 0 aromatic rings.